The van der Waals surface area contributed by atoms with Gasteiger partial charge >= 0.3 is 0 Å². The van der Waals surface area contributed by atoms with Crippen LogP contribution in [0.2, 0.25) is 0 Å². The van der Waals surface area contributed by atoms with Gasteiger partial charge in [0.15, 0.2) is 5.78 Å². The summed E-state index contributed by atoms with van der Waals surface area (Å²) in [6.07, 6.45) is 0.918. The molecular weight excluding hydrogens is 257 g/mol. The van der Waals surface area contributed by atoms with Crippen molar-refractivity contribution in [3.63, 3.8) is 0 Å². The Morgan fingerprint density at radius 1 is 1.26 bits per heavy atom. The molecule has 104 valence electrons. The molecule has 0 radical (unpaired) electrons. The van der Waals surface area contributed by atoms with E-state index in [4.69, 9.17) is 4.74 Å². The third-order valence-electron chi connectivity index (χ3n) is 3.81. The van der Waals surface area contributed by atoms with Crippen LogP contribution in [-0.4, -0.2) is 42.5 Å². The Morgan fingerprint density at radius 3 is 2.37 bits per heavy atom. The number of ether oxygens (including phenoxy) is 1. The summed E-state index contributed by atoms with van der Waals surface area (Å²) in [5.74, 6) is 0.185. The topological polar surface area (TPSA) is 29.5 Å². The van der Waals surface area contributed by atoms with Crippen LogP contribution in [0.3, 0.4) is 0 Å². The van der Waals surface area contributed by atoms with Crippen molar-refractivity contribution in [2.75, 3.05) is 26.3 Å². The molecule has 19 heavy (non-hydrogen) atoms. The van der Waals surface area contributed by atoms with Crippen molar-refractivity contribution in [3.8, 4) is 0 Å². The number of carbonyl (C=O) groups is 1. The summed E-state index contributed by atoms with van der Waals surface area (Å²) in [6, 6.07) is 7.92. The highest BCUT2D eigenvalue weighted by atomic mass is 31.0. The predicted octanol–water partition coefficient (Wildman–Crippen LogP) is 2.36. The van der Waals surface area contributed by atoms with Gasteiger partial charge < -0.3 is 4.74 Å². The molecule has 1 aliphatic rings. The Hall–Kier alpha value is -0.760. The summed E-state index contributed by atoms with van der Waals surface area (Å²) >= 11 is 0. The van der Waals surface area contributed by atoms with Crippen LogP contribution in [0.25, 0.3) is 0 Å². The summed E-state index contributed by atoms with van der Waals surface area (Å²) in [5.41, 5.74) is 1.55. The molecule has 1 unspecified atom stereocenters. The van der Waals surface area contributed by atoms with Crippen LogP contribution in [0.5, 0.6) is 0 Å². The van der Waals surface area contributed by atoms with Gasteiger partial charge in [-0.2, -0.15) is 0 Å². The first kappa shape index (κ1) is 14.6. The van der Waals surface area contributed by atoms with Crippen molar-refractivity contribution in [1.82, 2.24) is 4.90 Å². The fourth-order valence-corrected chi connectivity index (χ4v) is 2.68. The SMILES string of the molecule is CC(C)(C(=O)c1ccc(CP)cc1)N1CCOCC1. The van der Waals surface area contributed by atoms with Gasteiger partial charge in [-0.25, -0.2) is 0 Å². The smallest absolute Gasteiger partial charge is 0.182 e. The summed E-state index contributed by atoms with van der Waals surface area (Å²) in [6.45, 7) is 7.07. The van der Waals surface area contributed by atoms with E-state index in [1.54, 1.807) is 0 Å². The minimum Gasteiger partial charge on any atom is -0.379 e. The zero-order valence-electron chi connectivity index (χ0n) is 11.7. The molecule has 0 aromatic heterocycles. The van der Waals surface area contributed by atoms with Crippen LogP contribution in [0.4, 0.5) is 0 Å². The van der Waals surface area contributed by atoms with E-state index in [9.17, 15) is 4.79 Å². The number of Topliss-reactive ketones (excluding diaryl/α,β-unsaturated/α-hetero) is 1. The number of ketones is 1. The monoisotopic (exact) mass is 279 g/mol. The number of rotatable bonds is 4. The molecule has 4 heteroatoms. The van der Waals surface area contributed by atoms with Crippen LogP contribution in [0.15, 0.2) is 24.3 Å². The Morgan fingerprint density at radius 2 is 1.84 bits per heavy atom. The van der Waals surface area contributed by atoms with E-state index in [1.165, 1.54) is 5.56 Å². The maximum absolute atomic E-state index is 12.7. The van der Waals surface area contributed by atoms with Crippen molar-refractivity contribution in [2.24, 2.45) is 0 Å². The van der Waals surface area contributed by atoms with Crippen LogP contribution in [0.1, 0.15) is 29.8 Å². The molecular formula is C15H22NO2P. The van der Waals surface area contributed by atoms with Gasteiger partial charge in [-0.1, -0.05) is 24.3 Å². The molecule has 0 N–H and O–H groups in total. The lowest BCUT2D eigenvalue weighted by molar-refractivity contribution is -0.00429. The zero-order valence-corrected chi connectivity index (χ0v) is 12.8. The van der Waals surface area contributed by atoms with E-state index in [2.05, 4.69) is 14.1 Å². The van der Waals surface area contributed by atoms with E-state index < -0.39 is 5.54 Å². The quantitative estimate of drug-likeness (QED) is 0.626. The molecule has 1 aliphatic heterocycles. The lowest BCUT2D eigenvalue weighted by Gasteiger charge is -2.39. The van der Waals surface area contributed by atoms with E-state index in [1.807, 2.05) is 38.1 Å². The van der Waals surface area contributed by atoms with E-state index in [0.717, 1.165) is 24.8 Å². The molecule has 1 aromatic carbocycles. The summed E-state index contributed by atoms with van der Waals surface area (Å²) in [5, 5.41) is 0. The number of hydrogen-bond acceptors (Lipinski definition) is 3. The number of hydrogen-bond donors (Lipinski definition) is 0. The minimum atomic E-state index is -0.466. The van der Waals surface area contributed by atoms with Crippen LogP contribution in [-0.2, 0) is 10.9 Å². The lowest BCUT2D eigenvalue weighted by Crippen LogP contribution is -2.54. The Balaban J connectivity index is 2.15. The van der Waals surface area contributed by atoms with E-state index >= 15 is 0 Å². The summed E-state index contributed by atoms with van der Waals surface area (Å²) in [7, 11) is 2.69. The second-order valence-electron chi connectivity index (χ2n) is 5.39. The van der Waals surface area contributed by atoms with Gasteiger partial charge in [0.1, 0.15) is 0 Å². The fraction of sp³-hybridized carbons (Fsp3) is 0.533. The first-order valence-electron chi connectivity index (χ1n) is 6.72. The van der Waals surface area contributed by atoms with Gasteiger partial charge in [0.2, 0.25) is 0 Å². The van der Waals surface area contributed by atoms with E-state index in [0.29, 0.717) is 13.2 Å². The number of nitrogens with zero attached hydrogens (tertiary/aromatic N) is 1. The average molecular weight is 279 g/mol. The second kappa shape index (κ2) is 6.13. The first-order valence-corrected chi connectivity index (χ1v) is 7.54. The van der Waals surface area contributed by atoms with Crippen LogP contribution in [0, 0.1) is 0 Å². The molecule has 1 atom stereocenters. The Bertz CT molecular complexity index is 436. The lowest BCUT2D eigenvalue weighted by atomic mass is 9.90. The molecule has 1 aromatic rings. The largest absolute Gasteiger partial charge is 0.379 e. The molecule has 0 aliphatic carbocycles. The molecule has 0 amide bonds. The molecule has 1 fully saturated rings. The Kier molecular flexibility index (Phi) is 4.72. The maximum Gasteiger partial charge on any atom is 0.182 e. The van der Waals surface area contributed by atoms with Gasteiger partial charge in [-0.15, -0.1) is 9.24 Å². The standard InChI is InChI=1S/C15H22NO2P/c1-15(2,16-7-9-18-10-8-16)14(17)13-5-3-12(11-19)4-6-13/h3-6H,7-11,19H2,1-2H3. The van der Waals surface area contributed by atoms with Gasteiger partial charge in [-0.05, 0) is 25.6 Å². The third kappa shape index (κ3) is 3.22. The van der Waals surface area contributed by atoms with Gasteiger partial charge in [0.25, 0.3) is 0 Å². The second-order valence-corrected chi connectivity index (χ2v) is 5.80. The van der Waals surface area contributed by atoms with Crippen LogP contribution >= 0.6 is 9.24 Å². The Labute approximate surface area is 117 Å². The fourth-order valence-electron chi connectivity index (χ4n) is 2.41. The number of benzene rings is 1. The first-order chi connectivity index (χ1) is 9.05. The third-order valence-corrected chi connectivity index (χ3v) is 4.28. The summed E-state index contributed by atoms with van der Waals surface area (Å²) < 4.78 is 5.36. The molecule has 0 saturated carbocycles. The molecule has 3 nitrogen and oxygen atoms in total. The molecule has 1 heterocycles. The zero-order chi connectivity index (χ0) is 13.9. The molecule has 0 bridgehead atoms. The highest BCUT2D eigenvalue weighted by Crippen LogP contribution is 2.22. The van der Waals surface area contributed by atoms with Gasteiger partial charge in [0.05, 0.1) is 18.8 Å². The predicted molar refractivity (Wildman–Crippen MR) is 80.7 cm³/mol. The molecule has 2 rings (SSSR count). The van der Waals surface area contributed by atoms with Crippen molar-refractivity contribution in [3.05, 3.63) is 35.4 Å². The maximum atomic E-state index is 12.7. The highest BCUT2D eigenvalue weighted by Gasteiger charge is 2.35. The normalized spacial score (nSPS) is 17.4. The van der Waals surface area contributed by atoms with Crippen molar-refractivity contribution < 1.29 is 9.53 Å². The highest BCUT2D eigenvalue weighted by molar-refractivity contribution is 7.15. The van der Waals surface area contributed by atoms with Crippen molar-refractivity contribution in [1.29, 1.82) is 0 Å². The van der Waals surface area contributed by atoms with Crippen LogP contribution < -0.4 is 0 Å². The summed E-state index contributed by atoms with van der Waals surface area (Å²) in [4.78, 5) is 14.9. The van der Waals surface area contributed by atoms with Crippen molar-refractivity contribution in [2.45, 2.75) is 25.5 Å². The average Bonchev–Trinajstić information content (AvgIpc) is 2.47. The number of morpholine rings is 1. The van der Waals surface area contributed by atoms with Gasteiger partial charge in [0, 0.05) is 18.7 Å². The van der Waals surface area contributed by atoms with E-state index in [-0.39, 0.29) is 5.78 Å². The minimum absolute atomic E-state index is 0.185. The number of carbonyl (C=O) groups excluding carboxylic acids is 1. The van der Waals surface area contributed by atoms with Crippen molar-refractivity contribution >= 4 is 15.0 Å². The van der Waals surface area contributed by atoms with Gasteiger partial charge in [-0.3, -0.25) is 9.69 Å². The molecule has 1 saturated heterocycles. The molecule has 0 spiro atoms.